The summed E-state index contributed by atoms with van der Waals surface area (Å²) < 4.78 is 6.37. The second kappa shape index (κ2) is 4.73. The van der Waals surface area contributed by atoms with Crippen molar-refractivity contribution >= 4 is 5.82 Å². The molecule has 1 aliphatic rings. The molecule has 4 N–H and O–H groups in total. The van der Waals surface area contributed by atoms with E-state index in [-0.39, 0.29) is 5.82 Å². The molecule has 8 heteroatoms. The third-order valence-electron chi connectivity index (χ3n) is 2.82. The average Bonchev–Trinajstić information content (AvgIpc) is 2.65. The summed E-state index contributed by atoms with van der Waals surface area (Å²) in [4.78, 5) is 15.1. The molecule has 8 nitrogen and oxygen atoms in total. The molecule has 1 aliphatic heterocycles. The van der Waals surface area contributed by atoms with E-state index in [9.17, 15) is 9.90 Å². The molecule has 2 rings (SSSR count). The van der Waals surface area contributed by atoms with Crippen molar-refractivity contribution in [2.45, 2.75) is 18.4 Å². The quantitative estimate of drug-likeness (QED) is 0.566. The first kappa shape index (κ1) is 12.5. The fraction of sp³-hybridized carbons (Fsp3) is 0.500. The number of aliphatic hydroxyl groups excluding tert-OH is 2. The molecule has 0 aromatic carbocycles. The highest BCUT2D eigenvalue weighted by molar-refractivity contribution is 5.23. The van der Waals surface area contributed by atoms with Crippen LogP contribution in [-0.2, 0) is 4.74 Å². The fourth-order valence-corrected chi connectivity index (χ4v) is 1.89. The van der Waals surface area contributed by atoms with Crippen LogP contribution in [-0.4, -0.2) is 38.6 Å². The Hall–Kier alpha value is -1.95. The number of aromatic nitrogens is 2. The summed E-state index contributed by atoms with van der Waals surface area (Å²) in [6, 6.07) is 3.25. The number of nitriles is 1. The van der Waals surface area contributed by atoms with E-state index in [1.54, 1.807) is 0 Å². The van der Waals surface area contributed by atoms with Crippen LogP contribution in [0.2, 0.25) is 0 Å². The summed E-state index contributed by atoms with van der Waals surface area (Å²) in [6.45, 7) is -0.438. The standard InChI is InChI=1S/C10H12N4O4/c11-3-5-8(16)6(4-15)18-9(5)14-2-1-7(12)13-10(14)17/h1-2,5-6,8-9,15-16H,4H2,(H2,12,13,17)/t5-,6+,8+,9+/m0/s1. The number of nitrogens with zero attached hydrogens (tertiary/aromatic N) is 3. The van der Waals surface area contributed by atoms with Gasteiger partial charge in [0.05, 0.1) is 12.7 Å². The van der Waals surface area contributed by atoms with Gasteiger partial charge in [0.15, 0.2) is 6.23 Å². The van der Waals surface area contributed by atoms with E-state index < -0.39 is 36.7 Å². The summed E-state index contributed by atoms with van der Waals surface area (Å²) in [7, 11) is 0. The number of aliphatic hydroxyl groups is 2. The molecule has 1 aromatic heterocycles. The minimum absolute atomic E-state index is 0.0574. The predicted molar refractivity (Wildman–Crippen MR) is 59.0 cm³/mol. The van der Waals surface area contributed by atoms with Crippen molar-refractivity contribution in [3.8, 4) is 6.07 Å². The lowest BCUT2D eigenvalue weighted by molar-refractivity contribution is -0.0469. The Morgan fingerprint density at radius 1 is 1.67 bits per heavy atom. The van der Waals surface area contributed by atoms with Crippen molar-refractivity contribution in [2.75, 3.05) is 12.3 Å². The normalized spacial score (nSPS) is 31.2. The largest absolute Gasteiger partial charge is 0.394 e. The highest BCUT2D eigenvalue weighted by Gasteiger charge is 2.45. The van der Waals surface area contributed by atoms with Gasteiger partial charge < -0.3 is 20.7 Å². The van der Waals surface area contributed by atoms with E-state index in [2.05, 4.69) is 4.98 Å². The average molecular weight is 252 g/mol. The van der Waals surface area contributed by atoms with Gasteiger partial charge in [0, 0.05) is 6.20 Å². The number of ether oxygens (including phenoxy) is 1. The molecule has 0 spiro atoms. The van der Waals surface area contributed by atoms with Crippen molar-refractivity contribution in [2.24, 2.45) is 5.92 Å². The molecule has 1 saturated heterocycles. The van der Waals surface area contributed by atoms with E-state index in [1.165, 1.54) is 12.3 Å². The van der Waals surface area contributed by atoms with Gasteiger partial charge in [-0.2, -0.15) is 10.2 Å². The minimum Gasteiger partial charge on any atom is -0.394 e. The maximum absolute atomic E-state index is 11.6. The van der Waals surface area contributed by atoms with Gasteiger partial charge in [0.2, 0.25) is 0 Å². The number of anilines is 1. The molecule has 4 atom stereocenters. The first-order valence-electron chi connectivity index (χ1n) is 5.27. The molecule has 0 unspecified atom stereocenters. The highest BCUT2D eigenvalue weighted by atomic mass is 16.5. The molecule has 1 aromatic rings. The Bertz CT molecular complexity index is 537. The van der Waals surface area contributed by atoms with Gasteiger partial charge in [0.1, 0.15) is 23.9 Å². The maximum atomic E-state index is 11.6. The van der Waals surface area contributed by atoms with Crippen molar-refractivity contribution in [1.82, 2.24) is 9.55 Å². The predicted octanol–water partition coefficient (Wildman–Crippen LogP) is -1.78. The number of nitrogen functional groups attached to an aromatic ring is 1. The van der Waals surface area contributed by atoms with E-state index in [1.807, 2.05) is 6.07 Å². The van der Waals surface area contributed by atoms with E-state index in [0.29, 0.717) is 0 Å². The first-order chi connectivity index (χ1) is 8.58. The first-order valence-corrected chi connectivity index (χ1v) is 5.27. The summed E-state index contributed by atoms with van der Waals surface area (Å²) in [5.74, 6) is -0.896. The fourth-order valence-electron chi connectivity index (χ4n) is 1.89. The smallest absolute Gasteiger partial charge is 0.351 e. The lowest BCUT2D eigenvalue weighted by atomic mass is 10.0. The topological polar surface area (TPSA) is 134 Å². The third kappa shape index (κ3) is 1.95. The van der Waals surface area contributed by atoms with E-state index in [0.717, 1.165) is 4.57 Å². The second-order valence-electron chi connectivity index (χ2n) is 3.94. The Kier molecular flexibility index (Phi) is 3.29. The number of nitrogens with two attached hydrogens (primary N) is 1. The second-order valence-corrected chi connectivity index (χ2v) is 3.94. The Morgan fingerprint density at radius 2 is 2.39 bits per heavy atom. The molecule has 0 radical (unpaired) electrons. The van der Waals surface area contributed by atoms with Crippen LogP contribution in [0, 0.1) is 17.2 Å². The van der Waals surface area contributed by atoms with Gasteiger partial charge >= 0.3 is 5.69 Å². The lowest BCUT2D eigenvalue weighted by Gasteiger charge is -2.16. The molecule has 0 amide bonds. The molecule has 1 fully saturated rings. The number of hydrogen-bond donors (Lipinski definition) is 3. The lowest BCUT2D eigenvalue weighted by Crippen LogP contribution is -2.31. The monoisotopic (exact) mass is 252 g/mol. The third-order valence-corrected chi connectivity index (χ3v) is 2.82. The molecule has 0 bridgehead atoms. The van der Waals surface area contributed by atoms with Gasteiger partial charge in [0.25, 0.3) is 0 Å². The number of hydrogen-bond acceptors (Lipinski definition) is 7. The summed E-state index contributed by atoms with van der Waals surface area (Å²) in [6.07, 6.45) is -1.70. The van der Waals surface area contributed by atoms with Gasteiger partial charge in [-0.25, -0.2) is 4.79 Å². The van der Waals surface area contributed by atoms with Crippen LogP contribution in [0.4, 0.5) is 5.82 Å². The zero-order valence-electron chi connectivity index (χ0n) is 9.30. The SMILES string of the molecule is N#C[C@H]1[C@@H](O)[C@@H](CO)O[C@H]1n1ccc(N)nc1=O. The van der Waals surface area contributed by atoms with Gasteiger partial charge in [-0.15, -0.1) is 0 Å². The van der Waals surface area contributed by atoms with Gasteiger partial charge in [-0.05, 0) is 6.07 Å². The zero-order valence-corrected chi connectivity index (χ0v) is 9.30. The van der Waals surface area contributed by atoms with Crippen LogP contribution in [0.25, 0.3) is 0 Å². The van der Waals surface area contributed by atoms with Crippen molar-refractivity contribution < 1.29 is 14.9 Å². The molecular weight excluding hydrogens is 240 g/mol. The summed E-state index contributed by atoms with van der Waals surface area (Å²) in [5, 5.41) is 27.8. The van der Waals surface area contributed by atoms with Crippen molar-refractivity contribution in [3.63, 3.8) is 0 Å². The van der Waals surface area contributed by atoms with Crippen LogP contribution in [0.3, 0.4) is 0 Å². The Morgan fingerprint density at radius 3 is 2.94 bits per heavy atom. The molecular formula is C10H12N4O4. The maximum Gasteiger partial charge on any atom is 0.351 e. The zero-order chi connectivity index (χ0) is 13.3. The van der Waals surface area contributed by atoms with E-state index >= 15 is 0 Å². The van der Waals surface area contributed by atoms with Gasteiger partial charge in [-0.1, -0.05) is 0 Å². The van der Waals surface area contributed by atoms with Crippen LogP contribution < -0.4 is 11.4 Å². The van der Waals surface area contributed by atoms with E-state index in [4.69, 9.17) is 20.8 Å². The van der Waals surface area contributed by atoms with Crippen LogP contribution in [0.15, 0.2) is 17.1 Å². The van der Waals surface area contributed by atoms with Gasteiger partial charge in [-0.3, -0.25) is 4.57 Å². The van der Waals surface area contributed by atoms with Crippen LogP contribution in [0.1, 0.15) is 6.23 Å². The van der Waals surface area contributed by atoms with Crippen LogP contribution in [0.5, 0.6) is 0 Å². The minimum atomic E-state index is -1.16. The highest BCUT2D eigenvalue weighted by Crippen LogP contribution is 2.33. The van der Waals surface area contributed by atoms with Crippen molar-refractivity contribution in [3.05, 3.63) is 22.7 Å². The molecule has 0 saturated carbocycles. The molecule has 0 aliphatic carbocycles. The molecule has 2 heterocycles. The Labute approximate surface area is 102 Å². The summed E-state index contributed by atoms with van der Waals surface area (Å²) >= 11 is 0. The molecule has 96 valence electrons. The number of rotatable bonds is 2. The van der Waals surface area contributed by atoms with Crippen molar-refractivity contribution in [1.29, 1.82) is 5.26 Å². The molecule has 18 heavy (non-hydrogen) atoms. The summed E-state index contributed by atoms with van der Waals surface area (Å²) in [5.41, 5.74) is 4.68. The van der Waals surface area contributed by atoms with Crippen LogP contribution >= 0.6 is 0 Å². The Balaban J connectivity index is 2.39.